The maximum atomic E-state index is 13.7. The third-order valence-corrected chi connectivity index (χ3v) is 6.07. The zero-order valence-electron chi connectivity index (χ0n) is 20.2. The topological polar surface area (TPSA) is 75.9 Å². The molecular formula is C27H29F2N3O4. The molecule has 0 radical (unpaired) electrons. The molecule has 7 nitrogen and oxygen atoms in total. The molecule has 4 rings (SSSR count). The number of amides is 1. The van der Waals surface area contributed by atoms with Gasteiger partial charge in [0.1, 0.15) is 17.9 Å². The number of halogens is 2. The Morgan fingerprint density at radius 1 is 1.08 bits per heavy atom. The highest BCUT2D eigenvalue weighted by Crippen LogP contribution is 2.21. The van der Waals surface area contributed by atoms with Crippen molar-refractivity contribution < 1.29 is 27.5 Å². The molecule has 1 fully saturated rings. The number of aromatic nitrogens is 1. The first kappa shape index (κ1) is 25.5. The maximum Gasteiger partial charge on any atom is 0.310 e. The van der Waals surface area contributed by atoms with E-state index in [-0.39, 0.29) is 48.2 Å². The van der Waals surface area contributed by atoms with Gasteiger partial charge >= 0.3 is 5.97 Å². The minimum atomic E-state index is -0.341. The van der Waals surface area contributed by atoms with E-state index < -0.39 is 0 Å². The fourth-order valence-corrected chi connectivity index (χ4v) is 4.36. The monoisotopic (exact) mass is 497 g/mol. The van der Waals surface area contributed by atoms with Crippen LogP contribution in [0.2, 0.25) is 0 Å². The molecule has 2 aromatic carbocycles. The fraction of sp³-hybridized carbons (Fsp3) is 0.370. The minimum Gasteiger partial charge on any atom is -0.466 e. The predicted molar refractivity (Wildman–Crippen MR) is 128 cm³/mol. The van der Waals surface area contributed by atoms with E-state index in [9.17, 15) is 18.4 Å². The molecule has 190 valence electrons. The Labute approximate surface area is 208 Å². The molecule has 0 N–H and O–H groups in total. The van der Waals surface area contributed by atoms with E-state index in [0.717, 1.165) is 11.1 Å². The number of carbonyl (C=O) groups is 2. The Kier molecular flexibility index (Phi) is 8.43. The van der Waals surface area contributed by atoms with Crippen molar-refractivity contribution in [3.63, 3.8) is 0 Å². The van der Waals surface area contributed by atoms with Gasteiger partial charge in [0, 0.05) is 26.2 Å². The fourth-order valence-electron chi connectivity index (χ4n) is 4.36. The van der Waals surface area contributed by atoms with Crippen LogP contribution < -0.4 is 0 Å². The summed E-state index contributed by atoms with van der Waals surface area (Å²) in [6.07, 6.45) is 2.72. The van der Waals surface area contributed by atoms with E-state index >= 15 is 0 Å². The summed E-state index contributed by atoms with van der Waals surface area (Å²) < 4.78 is 37.8. The molecule has 3 aromatic rings. The molecule has 0 saturated carbocycles. The number of carbonyl (C=O) groups excluding carboxylic acids is 2. The molecular weight excluding hydrogens is 468 g/mol. The quantitative estimate of drug-likeness (QED) is 0.403. The summed E-state index contributed by atoms with van der Waals surface area (Å²) in [4.78, 5) is 33.1. The van der Waals surface area contributed by atoms with Crippen LogP contribution in [0.4, 0.5) is 8.78 Å². The second-order valence-corrected chi connectivity index (χ2v) is 8.87. The van der Waals surface area contributed by atoms with Gasteiger partial charge in [-0.3, -0.25) is 14.5 Å². The number of ether oxygens (including phenoxy) is 1. The van der Waals surface area contributed by atoms with E-state index in [1.165, 1.54) is 30.5 Å². The zero-order chi connectivity index (χ0) is 25.5. The molecule has 2 heterocycles. The molecule has 1 atom stereocenters. The Bertz CT molecular complexity index is 1180. The molecule has 1 aliphatic rings. The van der Waals surface area contributed by atoms with Crippen molar-refractivity contribution >= 4 is 11.9 Å². The highest BCUT2D eigenvalue weighted by molar-refractivity contribution is 5.92. The molecule has 1 aliphatic heterocycles. The lowest BCUT2D eigenvalue weighted by Gasteiger charge is -2.30. The lowest BCUT2D eigenvalue weighted by Crippen LogP contribution is -2.43. The summed E-state index contributed by atoms with van der Waals surface area (Å²) in [5.74, 6) is -1.25. The number of piperidine rings is 1. The molecule has 0 aliphatic carbocycles. The number of likely N-dealkylation sites (tertiary alicyclic amines) is 1. The van der Waals surface area contributed by atoms with Crippen molar-refractivity contribution in [2.45, 2.75) is 39.4 Å². The highest BCUT2D eigenvalue weighted by Gasteiger charge is 2.31. The van der Waals surface area contributed by atoms with E-state index in [2.05, 4.69) is 4.98 Å². The largest absolute Gasteiger partial charge is 0.466 e. The van der Waals surface area contributed by atoms with Gasteiger partial charge in [-0.25, -0.2) is 13.8 Å². The SMILES string of the molecule is CCOC(=O)[C@H]1CCCN(C(=O)c2coc(CN(Cc3ccc(F)cc3)Cc3cccc(F)c3)n2)C1. The maximum absolute atomic E-state index is 13.7. The smallest absolute Gasteiger partial charge is 0.310 e. The average molecular weight is 498 g/mol. The van der Waals surface area contributed by atoms with Crippen LogP contribution in [0.5, 0.6) is 0 Å². The molecule has 9 heteroatoms. The highest BCUT2D eigenvalue weighted by atomic mass is 19.1. The molecule has 0 spiro atoms. The van der Waals surface area contributed by atoms with Gasteiger partial charge in [0.25, 0.3) is 5.91 Å². The van der Waals surface area contributed by atoms with Crippen molar-refractivity contribution in [3.8, 4) is 0 Å². The van der Waals surface area contributed by atoms with E-state index in [0.29, 0.717) is 45.0 Å². The summed E-state index contributed by atoms with van der Waals surface area (Å²) in [5, 5.41) is 0. The first-order chi connectivity index (χ1) is 17.4. The third-order valence-electron chi connectivity index (χ3n) is 6.07. The van der Waals surface area contributed by atoms with Crippen LogP contribution in [-0.4, -0.2) is 46.4 Å². The van der Waals surface area contributed by atoms with Crippen LogP contribution in [0, 0.1) is 17.6 Å². The van der Waals surface area contributed by atoms with Gasteiger partial charge in [-0.1, -0.05) is 24.3 Å². The van der Waals surface area contributed by atoms with Crippen molar-refractivity contribution in [1.82, 2.24) is 14.8 Å². The predicted octanol–water partition coefficient (Wildman–Crippen LogP) is 4.57. The van der Waals surface area contributed by atoms with Gasteiger partial charge in [0.15, 0.2) is 5.69 Å². The molecule has 0 unspecified atom stereocenters. The molecule has 1 amide bonds. The van der Waals surface area contributed by atoms with E-state index in [1.54, 1.807) is 30.0 Å². The minimum absolute atomic E-state index is 0.169. The van der Waals surface area contributed by atoms with Gasteiger partial charge < -0.3 is 14.1 Å². The summed E-state index contributed by atoms with van der Waals surface area (Å²) in [6, 6.07) is 12.5. The molecule has 0 bridgehead atoms. The Morgan fingerprint density at radius 3 is 2.61 bits per heavy atom. The van der Waals surface area contributed by atoms with Crippen molar-refractivity contribution in [2.24, 2.45) is 5.92 Å². The lowest BCUT2D eigenvalue weighted by atomic mass is 9.98. The number of rotatable bonds is 9. The Balaban J connectivity index is 1.45. The number of hydrogen-bond donors (Lipinski definition) is 0. The summed E-state index contributed by atoms with van der Waals surface area (Å²) in [6.45, 7) is 3.98. The van der Waals surface area contributed by atoms with Crippen LogP contribution in [0.1, 0.15) is 47.3 Å². The van der Waals surface area contributed by atoms with Crippen molar-refractivity contribution in [3.05, 3.63) is 89.1 Å². The van der Waals surface area contributed by atoms with Gasteiger partial charge in [-0.15, -0.1) is 0 Å². The average Bonchev–Trinajstić information content (AvgIpc) is 3.33. The van der Waals surface area contributed by atoms with Crippen LogP contribution in [0.25, 0.3) is 0 Å². The molecule has 1 aromatic heterocycles. The van der Waals surface area contributed by atoms with Crippen molar-refractivity contribution in [2.75, 3.05) is 19.7 Å². The second kappa shape index (κ2) is 11.9. The number of hydrogen-bond acceptors (Lipinski definition) is 6. The number of benzene rings is 2. The number of oxazole rings is 1. The molecule has 36 heavy (non-hydrogen) atoms. The van der Waals surface area contributed by atoms with Crippen molar-refractivity contribution in [1.29, 1.82) is 0 Å². The third kappa shape index (κ3) is 6.75. The van der Waals surface area contributed by atoms with E-state index in [1.807, 2.05) is 11.0 Å². The lowest BCUT2D eigenvalue weighted by molar-refractivity contribution is -0.149. The summed E-state index contributed by atoms with van der Waals surface area (Å²) in [5.41, 5.74) is 1.80. The van der Waals surface area contributed by atoms with Gasteiger partial charge in [-0.05, 0) is 55.2 Å². The van der Waals surface area contributed by atoms with Gasteiger partial charge in [-0.2, -0.15) is 0 Å². The van der Waals surface area contributed by atoms with E-state index in [4.69, 9.17) is 9.15 Å². The van der Waals surface area contributed by atoms with Crippen LogP contribution in [-0.2, 0) is 29.2 Å². The number of nitrogens with zero attached hydrogens (tertiary/aromatic N) is 3. The van der Waals surface area contributed by atoms with Crippen LogP contribution >= 0.6 is 0 Å². The van der Waals surface area contributed by atoms with Crippen LogP contribution in [0.3, 0.4) is 0 Å². The summed E-state index contributed by atoms with van der Waals surface area (Å²) >= 11 is 0. The zero-order valence-corrected chi connectivity index (χ0v) is 20.2. The summed E-state index contributed by atoms with van der Waals surface area (Å²) in [7, 11) is 0. The Morgan fingerprint density at radius 2 is 1.86 bits per heavy atom. The first-order valence-electron chi connectivity index (χ1n) is 12.0. The second-order valence-electron chi connectivity index (χ2n) is 8.87. The Hall–Kier alpha value is -3.59. The normalized spacial score (nSPS) is 15.8. The van der Waals surface area contributed by atoms with Gasteiger partial charge in [0.05, 0.1) is 19.1 Å². The first-order valence-corrected chi connectivity index (χ1v) is 12.0. The molecule has 1 saturated heterocycles. The number of esters is 1. The van der Waals surface area contributed by atoms with Gasteiger partial charge in [0.2, 0.25) is 5.89 Å². The van der Waals surface area contributed by atoms with Crippen LogP contribution in [0.15, 0.2) is 59.2 Å². The standard InChI is InChI=1S/C27H29F2N3O4/c1-2-35-27(34)21-6-4-12-32(16-21)26(33)24-18-36-25(30-24)17-31(14-19-8-10-22(28)11-9-19)15-20-5-3-7-23(29)13-20/h3,5,7-11,13,18,21H,2,4,6,12,14-17H2,1H3/t21-/m0/s1.